The molecule has 0 aliphatic carbocycles. The molecule has 0 radical (unpaired) electrons. The van der Waals surface area contributed by atoms with Gasteiger partial charge in [0.25, 0.3) is 11.8 Å². The van der Waals surface area contributed by atoms with Gasteiger partial charge >= 0.3 is 0 Å². The Balaban J connectivity index is 1.97. The molecule has 5 nitrogen and oxygen atoms in total. The van der Waals surface area contributed by atoms with Gasteiger partial charge in [-0.05, 0) is 43.0 Å². The molecule has 0 saturated carbocycles. The quantitative estimate of drug-likeness (QED) is 0.937. The average Bonchev–Trinajstić information content (AvgIpc) is 2.84. The van der Waals surface area contributed by atoms with Gasteiger partial charge in [-0.1, -0.05) is 25.9 Å². The van der Waals surface area contributed by atoms with Gasteiger partial charge < -0.3 is 9.84 Å². The minimum atomic E-state index is -0.0625. The van der Waals surface area contributed by atoms with Crippen LogP contribution in [0.5, 0.6) is 0 Å². The van der Waals surface area contributed by atoms with E-state index in [2.05, 4.69) is 36.2 Å². The van der Waals surface area contributed by atoms with Gasteiger partial charge in [0.2, 0.25) is 0 Å². The molecular formula is C16H21N3O2. The van der Waals surface area contributed by atoms with Gasteiger partial charge in [0.1, 0.15) is 0 Å². The predicted molar refractivity (Wildman–Crippen MR) is 80.9 cm³/mol. The summed E-state index contributed by atoms with van der Waals surface area (Å²) in [6.07, 6.45) is 0.943. The Kier molecular flexibility index (Phi) is 4.40. The molecule has 1 aromatic carbocycles. The maximum Gasteiger partial charge on any atom is 0.257 e. The number of aryl methyl sites for hydroxylation is 1. The van der Waals surface area contributed by atoms with Gasteiger partial charge in [0.05, 0.1) is 0 Å². The van der Waals surface area contributed by atoms with E-state index in [0.29, 0.717) is 23.8 Å². The summed E-state index contributed by atoms with van der Waals surface area (Å²) in [5.74, 6) is 0.994. The van der Waals surface area contributed by atoms with Crippen LogP contribution in [-0.2, 0) is 0 Å². The van der Waals surface area contributed by atoms with Crippen LogP contribution in [0.25, 0.3) is 11.5 Å². The van der Waals surface area contributed by atoms with Crippen molar-refractivity contribution in [1.82, 2.24) is 15.5 Å². The third-order valence-corrected chi connectivity index (χ3v) is 3.08. The minimum Gasteiger partial charge on any atom is -0.352 e. The SMILES string of the molecule is Cc1noc(-c2ccc(C(=O)NCCC(C)(C)C)cc2)n1. The van der Waals surface area contributed by atoms with Crippen molar-refractivity contribution in [3.05, 3.63) is 35.7 Å². The lowest BCUT2D eigenvalue weighted by Crippen LogP contribution is -2.27. The lowest BCUT2D eigenvalue weighted by molar-refractivity contribution is 0.0949. The Hall–Kier alpha value is -2.17. The summed E-state index contributed by atoms with van der Waals surface area (Å²) in [5.41, 5.74) is 1.65. The van der Waals surface area contributed by atoms with Gasteiger partial charge in [-0.15, -0.1) is 0 Å². The first kappa shape index (κ1) is 15.2. The van der Waals surface area contributed by atoms with Crippen molar-refractivity contribution in [2.45, 2.75) is 34.1 Å². The molecule has 1 aromatic heterocycles. The Labute approximate surface area is 124 Å². The number of nitrogens with zero attached hydrogens (tertiary/aromatic N) is 2. The standard InChI is InChI=1S/C16H21N3O2/c1-11-18-15(21-19-11)13-7-5-12(6-8-13)14(20)17-10-9-16(2,3)4/h5-8H,9-10H2,1-4H3,(H,17,20). The number of amides is 1. The van der Waals surface area contributed by atoms with Crippen molar-refractivity contribution in [3.63, 3.8) is 0 Å². The van der Waals surface area contributed by atoms with E-state index in [4.69, 9.17) is 4.52 Å². The largest absolute Gasteiger partial charge is 0.352 e. The Morgan fingerprint density at radius 3 is 2.43 bits per heavy atom. The topological polar surface area (TPSA) is 68.0 Å². The highest BCUT2D eigenvalue weighted by molar-refractivity contribution is 5.94. The Morgan fingerprint density at radius 2 is 1.90 bits per heavy atom. The number of carbonyl (C=O) groups is 1. The molecule has 0 fully saturated rings. The zero-order valence-electron chi connectivity index (χ0n) is 12.9. The van der Waals surface area contributed by atoms with E-state index in [9.17, 15) is 4.79 Å². The predicted octanol–water partition coefficient (Wildman–Crippen LogP) is 3.21. The first-order valence-electron chi connectivity index (χ1n) is 7.04. The molecule has 0 aliphatic heterocycles. The number of rotatable bonds is 4. The fraction of sp³-hybridized carbons (Fsp3) is 0.438. The molecule has 21 heavy (non-hydrogen) atoms. The maximum absolute atomic E-state index is 12.0. The van der Waals surface area contributed by atoms with Crippen LogP contribution in [0.1, 0.15) is 43.4 Å². The van der Waals surface area contributed by atoms with Crippen molar-refractivity contribution < 1.29 is 9.32 Å². The molecular weight excluding hydrogens is 266 g/mol. The molecule has 2 aromatic rings. The maximum atomic E-state index is 12.0. The van der Waals surface area contributed by atoms with Crippen LogP contribution in [0.3, 0.4) is 0 Å². The summed E-state index contributed by atoms with van der Waals surface area (Å²) in [7, 11) is 0. The molecule has 0 aliphatic rings. The van der Waals surface area contributed by atoms with Crippen LogP contribution in [-0.4, -0.2) is 22.6 Å². The van der Waals surface area contributed by atoms with Gasteiger partial charge in [0, 0.05) is 17.7 Å². The fourth-order valence-corrected chi connectivity index (χ4v) is 1.83. The molecule has 1 N–H and O–H groups in total. The van der Waals surface area contributed by atoms with Crippen LogP contribution in [0, 0.1) is 12.3 Å². The second kappa shape index (κ2) is 6.08. The molecule has 0 spiro atoms. The normalized spacial score (nSPS) is 11.4. The first-order chi connectivity index (χ1) is 9.85. The summed E-state index contributed by atoms with van der Waals surface area (Å²) in [5, 5.41) is 6.68. The van der Waals surface area contributed by atoms with Gasteiger partial charge in [-0.25, -0.2) is 0 Å². The smallest absolute Gasteiger partial charge is 0.257 e. The summed E-state index contributed by atoms with van der Waals surface area (Å²) in [4.78, 5) is 16.2. The highest BCUT2D eigenvalue weighted by Crippen LogP contribution is 2.18. The number of hydrogen-bond acceptors (Lipinski definition) is 4. The average molecular weight is 287 g/mol. The molecule has 1 amide bonds. The monoisotopic (exact) mass is 287 g/mol. The molecule has 1 heterocycles. The van der Waals surface area contributed by atoms with Gasteiger partial charge in [0.15, 0.2) is 5.82 Å². The number of carbonyl (C=O) groups excluding carboxylic acids is 1. The lowest BCUT2D eigenvalue weighted by Gasteiger charge is -2.18. The van der Waals surface area contributed by atoms with Crippen molar-refractivity contribution >= 4 is 5.91 Å². The van der Waals surface area contributed by atoms with Gasteiger partial charge in [-0.3, -0.25) is 4.79 Å². The van der Waals surface area contributed by atoms with E-state index in [0.717, 1.165) is 12.0 Å². The van der Waals surface area contributed by atoms with Crippen LogP contribution in [0.4, 0.5) is 0 Å². The Bertz CT molecular complexity index is 609. The third-order valence-electron chi connectivity index (χ3n) is 3.08. The third kappa shape index (κ3) is 4.41. The van der Waals surface area contributed by atoms with Crippen molar-refractivity contribution in [2.75, 3.05) is 6.54 Å². The summed E-state index contributed by atoms with van der Waals surface area (Å²) in [6, 6.07) is 7.15. The minimum absolute atomic E-state index is 0.0625. The van der Waals surface area contributed by atoms with Crippen LogP contribution in [0.15, 0.2) is 28.8 Å². The van der Waals surface area contributed by atoms with Gasteiger partial charge in [-0.2, -0.15) is 4.98 Å². The summed E-state index contributed by atoms with van der Waals surface area (Å²) in [6.45, 7) is 8.90. The number of nitrogens with one attached hydrogen (secondary N) is 1. The van der Waals surface area contributed by atoms with E-state index in [-0.39, 0.29) is 11.3 Å². The lowest BCUT2D eigenvalue weighted by atomic mass is 9.92. The van der Waals surface area contributed by atoms with Crippen LogP contribution >= 0.6 is 0 Å². The van der Waals surface area contributed by atoms with E-state index >= 15 is 0 Å². The molecule has 2 rings (SSSR count). The first-order valence-corrected chi connectivity index (χ1v) is 7.04. The molecule has 0 atom stereocenters. The number of benzene rings is 1. The van der Waals surface area contributed by atoms with E-state index in [1.165, 1.54) is 0 Å². The second-order valence-corrected chi connectivity index (χ2v) is 6.29. The van der Waals surface area contributed by atoms with Crippen molar-refractivity contribution in [2.24, 2.45) is 5.41 Å². The second-order valence-electron chi connectivity index (χ2n) is 6.29. The van der Waals surface area contributed by atoms with Crippen LogP contribution in [0.2, 0.25) is 0 Å². The summed E-state index contributed by atoms with van der Waals surface area (Å²) >= 11 is 0. The highest BCUT2D eigenvalue weighted by atomic mass is 16.5. The highest BCUT2D eigenvalue weighted by Gasteiger charge is 2.12. The molecule has 112 valence electrons. The van der Waals surface area contributed by atoms with E-state index in [1.54, 1.807) is 19.1 Å². The molecule has 5 heteroatoms. The zero-order chi connectivity index (χ0) is 15.5. The number of aromatic nitrogens is 2. The zero-order valence-corrected chi connectivity index (χ0v) is 12.9. The van der Waals surface area contributed by atoms with Crippen molar-refractivity contribution in [3.8, 4) is 11.5 Å². The van der Waals surface area contributed by atoms with E-state index in [1.807, 2.05) is 12.1 Å². The molecule has 0 saturated heterocycles. The summed E-state index contributed by atoms with van der Waals surface area (Å²) < 4.78 is 5.09. The van der Waals surface area contributed by atoms with E-state index < -0.39 is 0 Å². The van der Waals surface area contributed by atoms with Crippen LogP contribution < -0.4 is 5.32 Å². The van der Waals surface area contributed by atoms with Crippen molar-refractivity contribution in [1.29, 1.82) is 0 Å². The molecule has 0 bridgehead atoms. The number of hydrogen-bond donors (Lipinski definition) is 1. The Morgan fingerprint density at radius 1 is 1.24 bits per heavy atom. The molecule has 0 unspecified atom stereocenters. The fourth-order valence-electron chi connectivity index (χ4n) is 1.83.